The summed E-state index contributed by atoms with van der Waals surface area (Å²) in [5.41, 5.74) is 1.48. The summed E-state index contributed by atoms with van der Waals surface area (Å²) >= 11 is 5.07. The number of nitrogens with one attached hydrogen (secondary N) is 3. The number of amides is 1. The Morgan fingerprint density at radius 2 is 2.19 bits per heavy atom. The third-order valence-corrected chi connectivity index (χ3v) is 3.35. The van der Waals surface area contributed by atoms with Crippen LogP contribution in [0.1, 0.15) is 32.0 Å². The van der Waals surface area contributed by atoms with Gasteiger partial charge in [0.15, 0.2) is 10.9 Å². The smallest absolute Gasteiger partial charge is 0.410 e. The summed E-state index contributed by atoms with van der Waals surface area (Å²) in [6, 6.07) is 0. The van der Waals surface area contributed by atoms with Crippen molar-refractivity contribution in [3.63, 3.8) is 0 Å². The maximum absolute atomic E-state index is 12.1. The number of rotatable bonds is 1. The molecule has 21 heavy (non-hydrogen) atoms. The number of nitrogens with zero attached hydrogens (tertiary/aromatic N) is 2. The van der Waals surface area contributed by atoms with Gasteiger partial charge in [0.05, 0.1) is 12.2 Å². The van der Waals surface area contributed by atoms with Crippen LogP contribution in [0, 0.1) is 0 Å². The SMILES string of the molecule is CNC(=S)Nc1n[nH]c2c1CCN(C(=O)OC(C)(C)C)C2. The van der Waals surface area contributed by atoms with Gasteiger partial charge in [-0.25, -0.2) is 4.79 Å². The lowest BCUT2D eigenvalue weighted by Gasteiger charge is -2.29. The molecule has 0 atom stereocenters. The average molecular weight is 311 g/mol. The number of fused-ring (bicyclic) bond motifs is 1. The zero-order valence-corrected chi connectivity index (χ0v) is 13.6. The van der Waals surface area contributed by atoms with Gasteiger partial charge in [-0.15, -0.1) is 0 Å². The fraction of sp³-hybridized carbons (Fsp3) is 0.615. The molecule has 1 aliphatic rings. The monoisotopic (exact) mass is 311 g/mol. The van der Waals surface area contributed by atoms with Crippen molar-refractivity contribution in [2.75, 3.05) is 18.9 Å². The number of ether oxygens (including phenoxy) is 1. The van der Waals surface area contributed by atoms with Crippen molar-refractivity contribution in [1.29, 1.82) is 0 Å². The molecule has 0 aromatic carbocycles. The second-order valence-corrected chi connectivity index (χ2v) is 6.29. The summed E-state index contributed by atoms with van der Waals surface area (Å²) < 4.78 is 5.39. The molecule has 0 saturated carbocycles. The van der Waals surface area contributed by atoms with Crippen LogP contribution in [0.4, 0.5) is 10.6 Å². The van der Waals surface area contributed by atoms with Crippen molar-refractivity contribution in [2.24, 2.45) is 0 Å². The van der Waals surface area contributed by atoms with Gasteiger partial charge in [0.25, 0.3) is 0 Å². The molecule has 0 radical (unpaired) electrons. The molecule has 1 amide bonds. The van der Waals surface area contributed by atoms with Crippen LogP contribution in [0.25, 0.3) is 0 Å². The predicted molar refractivity (Wildman–Crippen MR) is 84.2 cm³/mol. The molecular formula is C13H21N5O2S. The molecule has 8 heteroatoms. The summed E-state index contributed by atoms with van der Waals surface area (Å²) in [4.78, 5) is 13.7. The van der Waals surface area contributed by atoms with E-state index in [2.05, 4.69) is 20.8 Å². The fourth-order valence-electron chi connectivity index (χ4n) is 2.07. The lowest BCUT2D eigenvalue weighted by atomic mass is 10.1. The quantitative estimate of drug-likeness (QED) is 0.684. The van der Waals surface area contributed by atoms with E-state index < -0.39 is 5.60 Å². The zero-order valence-electron chi connectivity index (χ0n) is 12.7. The van der Waals surface area contributed by atoms with Crippen LogP contribution >= 0.6 is 12.2 Å². The van der Waals surface area contributed by atoms with Crippen molar-refractivity contribution in [3.8, 4) is 0 Å². The largest absolute Gasteiger partial charge is 0.444 e. The third-order valence-electron chi connectivity index (χ3n) is 3.04. The molecule has 3 N–H and O–H groups in total. The van der Waals surface area contributed by atoms with Crippen LogP contribution in [0.15, 0.2) is 0 Å². The van der Waals surface area contributed by atoms with E-state index in [0.717, 1.165) is 11.3 Å². The third kappa shape index (κ3) is 3.84. The van der Waals surface area contributed by atoms with E-state index in [0.29, 0.717) is 30.4 Å². The Morgan fingerprint density at radius 3 is 2.81 bits per heavy atom. The normalized spacial score (nSPS) is 14.4. The first-order valence-electron chi connectivity index (χ1n) is 6.83. The molecule has 7 nitrogen and oxygen atoms in total. The number of thiocarbonyl (C=S) groups is 1. The standard InChI is InChI=1S/C13H21N5O2S/c1-13(2,3)20-12(19)18-6-5-8-9(7-18)16-17-10(8)15-11(21)14-4/h5-7H2,1-4H3,(H3,14,15,16,17,21). The van der Waals surface area contributed by atoms with Crippen LogP contribution < -0.4 is 10.6 Å². The van der Waals surface area contributed by atoms with Crippen LogP contribution in [0.5, 0.6) is 0 Å². The van der Waals surface area contributed by atoms with E-state index in [4.69, 9.17) is 17.0 Å². The fourth-order valence-corrected chi connectivity index (χ4v) is 2.17. The number of aromatic nitrogens is 2. The molecule has 116 valence electrons. The van der Waals surface area contributed by atoms with Gasteiger partial charge >= 0.3 is 6.09 Å². The van der Waals surface area contributed by atoms with Crippen LogP contribution in [0.3, 0.4) is 0 Å². The highest BCUT2D eigenvalue weighted by Crippen LogP contribution is 2.24. The Bertz CT molecular complexity index is 549. The first-order valence-corrected chi connectivity index (χ1v) is 7.24. The summed E-state index contributed by atoms with van der Waals surface area (Å²) in [6.45, 7) is 6.64. The number of carbonyl (C=O) groups excluding carboxylic acids is 1. The zero-order chi connectivity index (χ0) is 15.6. The Balaban J connectivity index is 2.05. The van der Waals surface area contributed by atoms with Gasteiger partial charge in [-0.3, -0.25) is 5.10 Å². The number of aromatic amines is 1. The molecule has 2 heterocycles. The number of carbonyl (C=O) groups is 1. The Morgan fingerprint density at radius 1 is 1.48 bits per heavy atom. The minimum absolute atomic E-state index is 0.303. The number of anilines is 1. The van der Waals surface area contributed by atoms with Gasteiger partial charge in [0.2, 0.25) is 0 Å². The lowest BCUT2D eigenvalue weighted by molar-refractivity contribution is 0.0221. The lowest BCUT2D eigenvalue weighted by Crippen LogP contribution is -2.40. The van der Waals surface area contributed by atoms with E-state index >= 15 is 0 Å². The van der Waals surface area contributed by atoms with Crippen LogP contribution in [-0.4, -0.2) is 45.5 Å². The highest BCUT2D eigenvalue weighted by molar-refractivity contribution is 7.80. The second-order valence-electron chi connectivity index (χ2n) is 5.89. The summed E-state index contributed by atoms with van der Waals surface area (Å²) in [6.07, 6.45) is 0.405. The van der Waals surface area contributed by atoms with E-state index in [-0.39, 0.29) is 6.09 Å². The van der Waals surface area contributed by atoms with Crippen molar-refractivity contribution in [3.05, 3.63) is 11.3 Å². The Kier molecular flexibility index (Phi) is 4.36. The Labute approximate surface area is 129 Å². The Hall–Kier alpha value is -1.83. The highest BCUT2D eigenvalue weighted by atomic mass is 32.1. The molecule has 1 aromatic heterocycles. The van der Waals surface area contributed by atoms with Crippen molar-refractivity contribution >= 4 is 29.2 Å². The van der Waals surface area contributed by atoms with Crippen molar-refractivity contribution in [1.82, 2.24) is 20.4 Å². The molecule has 1 aromatic rings. The molecule has 0 spiro atoms. The van der Waals surface area contributed by atoms with E-state index in [9.17, 15) is 4.79 Å². The highest BCUT2D eigenvalue weighted by Gasteiger charge is 2.28. The average Bonchev–Trinajstić information content (AvgIpc) is 2.79. The number of H-pyrrole nitrogens is 1. The summed E-state index contributed by atoms with van der Waals surface area (Å²) in [5.74, 6) is 0.716. The summed E-state index contributed by atoms with van der Waals surface area (Å²) in [7, 11) is 1.75. The van der Waals surface area contributed by atoms with E-state index in [1.807, 2.05) is 20.8 Å². The predicted octanol–water partition coefficient (Wildman–Crippen LogP) is 1.62. The van der Waals surface area contributed by atoms with Crippen molar-refractivity contribution < 1.29 is 9.53 Å². The minimum atomic E-state index is -0.489. The maximum Gasteiger partial charge on any atom is 0.410 e. The number of hydrogen-bond donors (Lipinski definition) is 3. The molecule has 0 aliphatic carbocycles. The van der Waals surface area contributed by atoms with Gasteiger partial charge in [0, 0.05) is 19.2 Å². The van der Waals surface area contributed by atoms with Gasteiger partial charge in [-0.1, -0.05) is 0 Å². The van der Waals surface area contributed by atoms with Crippen molar-refractivity contribution in [2.45, 2.75) is 39.3 Å². The molecule has 0 unspecified atom stereocenters. The van der Waals surface area contributed by atoms with E-state index in [1.165, 1.54) is 0 Å². The second kappa shape index (κ2) is 5.88. The molecule has 0 bridgehead atoms. The minimum Gasteiger partial charge on any atom is -0.444 e. The molecule has 0 fully saturated rings. The van der Waals surface area contributed by atoms with Gasteiger partial charge in [-0.05, 0) is 39.4 Å². The topological polar surface area (TPSA) is 82.3 Å². The van der Waals surface area contributed by atoms with Gasteiger partial charge in [-0.2, -0.15) is 5.10 Å². The molecular weight excluding hydrogens is 290 g/mol. The van der Waals surface area contributed by atoms with E-state index in [1.54, 1.807) is 11.9 Å². The first-order chi connectivity index (χ1) is 9.80. The molecule has 2 rings (SSSR count). The summed E-state index contributed by atoms with van der Waals surface area (Å²) in [5, 5.41) is 13.5. The maximum atomic E-state index is 12.1. The van der Waals surface area contributed by atoms with Crippen LogP contribution in [0.2, 0.25) is 0 Å². The van der Waals surface area contributed by atoms with Gasteiger partial charge in [0.1, 0.15) is 5.60 Å². The van der Waals surface area contributed by atoms with Crippen LogP contribution in [-0.2, 0) is 17.7 Å². The van der Waals surface area contributed by atoms with Gasteiger partial charge < -0.3 is 20.3 Å². The number of hydrogen-bond acceptors (Lipinski definition) is 4. The molecule has 0 saturated heterocycles. The first kappa shape index (κ1) is 15.6. The molecule has 1 aliphatic heterocycles.